The van der Waals surface area contributed by atoms with Crippen molar-refractivity contribution in [3.8, 4) is 23.2 Å². The highest BCUT2D eigenvalue weighted by molar-refractivity contribution is 5.93. The Balaban J connectivity index is 0.00000148. The maximum Gasteiger partial charge on any atom is 0.316 e. The SMILES string of the molecule is CC.COc1ncc(-c2cccc3nc(C(C)Nc4nc(N)ncc4C#N)n(C4CC4)c(=O)c23)cn1. The van der Waals surface area contributed by atoms with E-state index in [9.17, 15) is 10.1 Å². The number of benzene rings is 1. The second-order valence-corrected chi connectivity index (χ2v) is 8.00. The summed E-state index contributed by atoms with van der Waals surface area (Å²) in [5.41, 5.74) is 7.79. The standard InChI is InChI=1S/C23H21N9O2.C2H6/c1-12(29-19-13(8-24)9-26-22(25)31-19)20-30-17-5-3-4-16(14-10-27-23(34-2)28-11-14)18(17)21(33)32(20)15-6-7-15;1-2/h3-5,9-12,15H,6-7H2,1-2H3,(H3,25,26,29,31);1-2H3. The topological polar surface area (TPSA) is 158 Å². The summed E-state index contributed by atoms with van der Waals surface area (Å²) in [4.78, 5) is 35.0. The van der Waals surface area contributed by atoms with Gasteiger partial charge >= 0.3 is 6.01 Å². The van der Waals surface area contributed by atoms with Crippen molar-refractivity contribution in [2.75, 3.05) is 18.2 Å². The predicted octanol–water partition coefficient (Wildman–Crippen LogP) is 3.64. The Morgan fingerprint density at radius 3 is 2.53 bits per heavy atom. The Kier molecular flexibility index (Phi) is 7.05. The molecule has 11 nitrogen and oxygen atoms in total. The van der Waals surface area contributed by atoms with Gasteiger partial charge in [0.1, 0.15) is 23.3 Å². The minimum Gasteiger partial charge on any atom is -0.467 e. The number of nitrogen functional groups attached to an aromatic ring is 1. The summed E-state index contributed by atoms with van der Waals surface area (Å²) in [6.45, 7) is 5.87. The third-order valence-electron chi connectivity index (χ3n) is 5.66. The Hall–Kier alpha value is -4.59. The van der Waals surface area contributed by atoms with Crippen LogP contribution in [0, 0.1) is 11.3 Å². The first kappa shape index (κ1) is 24.5. The molecule has 11 heteroatoms. The molecule has 36 heavy (non-hydrogen) atoms. The predicted molar refractivity (Wildman–Crippen MR) is 136 cm³/mol. The van der Waals surface area contributed by atoms with Crippen LogP contribution < -0.4 is 21.3 Å². The van der Waals surface area contributed by atoms with Crippen molar-refractivity contribution in [3.63, 3.8) is 0 Å². The summed E-state index contributed by atoms with van der Waals surface area (Å²) < 4.78 is 6.79. The van der Waals surface area contributed by atoms with Gasteiger partial charge in [-0.2, -0.15) is 10.2 Å². The molecule has 0 bridgehead atoms. The molecule has 0 saturated heterocycles. The van der Waals surface area contributed by atoms with E-state index in [2.05, 4.69) is 31.3 Å². The van der Waals surface area contributed by atoms with Crippen LogP contribution in [0.25, 0.3) is 22.0 Å². The molecular weight excluding hydrogens is 458 g/mol. The lowest BCUT2D eigenvalue weighted by atomic mass is 10.0. The smallest absolute Gasteiger partial charge is 0.316 e. The number of nitrogens with two attached hydrogens (primary N) is 1. The number of nitrogens with zero attached hydrogens (tertiary/aromatic N) is 7. The van der Waals surface area contributed by atoms with E-state index in [1.165, 1.54) is 13.3 Å². The summed E-state index contributed by atoms with van der Waals surface area (Å²) in [5.74, 6) is 0.902. The van der Waals surface area contributed by atoms with Crippen LogP contribution in [0.4, 0.5) is 11.8 Å². The van der Waals surface area contributed by atoms with Crippen molar-refractivity contribution in [2.24, 2.45) is 0 Å². The number of nitrogens with one attached hydrogen (secondary N) is 1. The van der Waals surface area contributed by atoms with Crippen molar-refractivity contribution in [1.29, 1.82) is 5.26 Å². The highest BCUT2D eigenvalue weighted by Gasteiger charge is 2.31. The molecule has 184 valence electrons. The molecule has 1 saturated carbocycles. The van der Waals surface area contributed by atoms with Crippen LogP contribution in [0.1, 0.15) is 57.1 Å². The van der Waals surface area contributed by atoms with E-state index in [0.29, 0.717) is 33.7 Å². The molecule has 0 aliphatic heterocycles. The fourth-order valence-corrected chi connectivity index (χ4v) is 3.91. The van der Waals surface area contributed by atoms with Crippen molar-refractivity contribution in [1.82, 2.24) is 29.5 Å². The van der Waals surface area contributed by atoms with E-state index < -0.39 is 6.04 Å². The highest BCUT2D eigenvalue weighted by atomic mass is 16.5. The third-order valence-corrected chi connectivity index (χ3v) is 5.66. The molecular formula is C25H27N9O2. The first-order chi connectivity index (χ1) is 17.5. The molecule has 1 atom stereocenters. The first-order valence-electron chi connectivity index (χ1n) is 11.7. The third kappa shape index (κ3) is 4.65. The van der Waals surface area contributed by atoms with Gasteiger partial charge in [0.15, 0.2) is 0 Å². The molecule has 1 aliphatic rings. The Morgan fingerprint density at radius 2 is 1.89 bits per heavy atom. The number of rotatable bonds is 6. The maximum absolute atomic E-state index is 13.8. The summed E-state index contributed by atoms with van der Waals surface area (Å²) in [6.07, 6.45) is 6.41. The van der Waals surface area contributed by atoms with Gasteiger partial charge in [0.25, 0.3) is 5.56 Å². The van der Waals surface area contributed by atoms with Crippen molar-refractivity contribution in [3.05, 3.63) is 58.5 Å². The van der Waals surface area contributed by atoms with Gasteiger partial charge in [0.05, 0.1) is 30.3 Å². The van der Waals surface area contributed by atoms with Crippen LogP contribution in [-0.2, 0) is 0 Å². The van der Waals surface area contributed by atoms with Gasteiger partial charge in [-0.25, -0.2) is 19.9 Å². The fraction of sp³-hybridized carbons (Fsp3) is 0.320. The monoisotopic (exact) mass is 485 g/mol. The second kappa shape index (κ2) is 10.4. The zero-order valence-corrected chi connectivity index (χ0v) is 20.6. The van der Waals surface area contributed by atoms with Gasteiger partial charge in [0, 0.05) is 24.0 Å². The molecule has 5 rings (SSSR count). The molecule has 1 fully saturated rings. The number of fused-ring (bicyclic) bond motifs is 1. The van der Waals surface area contributed by atoms with E-state index in [-0.39, 0.29) is 29.1 Å². The van der Waals surface area contributed by atoms with E-state index in [0.717, 1.165) is 12.8 Å². The van der Waals surface area contributed by atoms with E-state index >= 15 is 0 Å². The summed E-state index contributed by atoms with van der Waals surface area (Å²) in [5, 5.41) is 13.1. The normalized spacial score (nSPS) is 13.3. The first-order valence-corrected chi connectivity index (χ1v) is 11.7. The molecule has 1 aliphatic carbocycles. The number of methoxy groups -OCH3 is 1. The van der Waals surface area contributed by atoms with Crippen molar-refractivity contribution >= 4 is 22.7 Å². The van der Waals surface area contributed by atoms with E-state index in [1.807, 2.05) is 32.9 Å². The van der Waals surface area contributed by atoms with E-state index in [1.54, 1.807) is 23.0 Å². The van der Waals surface area contributed by atoms with Crippen LogP contribution in [-0.4, -0.2) is 36.6 Å². The van der Waals surface area contributed by atoms with Gasteiger partial charge < -0.3 is 15.8 Å². The Bertz CT molecular complexity index is 1490. The minimum atomic E-state index is -0.424. The van der Waals surface area contributed by atoms with Gasteiger partial charge in [0.2, 0.25) is 5.95 Å². The van der Waals surface area contributed by atoms with Crippen LogP contribution >= 0.6 is 0 Å². The quantitative estimate of drug-likeness (QED) is 0.413. The number of anilines is 2. The molecule has 1 unspecified atom stereocenters. The van der Waals surface area contributed by atoms with Crippen molar-refractivity contribution < 1.29 is 4.74 Å². The lowest BCUT2D eigenvalue weighted by Crippen LogP contribution is -2.28. The average Bonchev–Trinajstić information content (AvgIpc) is 3.75. The molecule has 3 aromatic heterocycles. The number of ether oxygens (including phenoxy) is 1. The number of aromatic nitrogens is 6. The van der Waals surface area contributed by atoms with E-state index in [4.69, 9.17) is 15.5 Å². The number of nitriles is 1. The molecule has 1 aromatic carbocycles. The summed E-state index contributed by atoms with van der Waals surface area (Å²) >= 11 is 0. The molecule has 4 aromatic rings. The zero-order valence-electron chi connectivity index (χ0n) is 20.6. The maximum atomic E-state index is 13.8. The minimum absolute atomic E-state index is 0.0473. The van der Waals surface area contributed by atoms with Gasteiger partial charge in [-0.05, 0) is 31.4 Å². The number of hydrogen-bond acceptors (Lipinski definition) is 10. The van der Waals surface area contributed by atoms with Crippen LogP contribution in [0.5, 0.6) is 6.01 Å². The van der Waals surface area contributed by atoms with Crippen molar-refractivity contribution in [2.45, 2.75) is 45.7 Å². The Labute approximate surface area is 208 Å². The fourth-order valence-electron chi connectivity index (χ4n) is 3.91. The second-order valence-electron chi connectivity index (χ2n) is 8.00. The lowest BCUT2D eigenvalue weighted by molar-refractivity contribution is 0.380. The van der Waals surface area contributed by atoms with Gasteiger partial charge in [-0.3, -0.25) is 9.36 Å². The molecule has 0 amide bonds. The van der Waals surface area contributed by atoms with Crippen LogP contribution in [0.15, 0.2) is 41.6 Å². The molecule has 0 radical (unpaired) electrons. The number of hydrogen-bond donors (Lipinski definition) is 2. The lowest BCUT2D eigenvalue weighted by Gasteiger charge is -2.21. The zero-order chi connectivity index (χ0) is 25.8. The van der Waals surface area contributed by atoms with Gasteiger partial charge in [-0.1, -0.05) is 26.0 Å². The summed E-state index contributed by atoms with van der Waals surface area (Å²) in [7, 11) is 1.50. The summed E-state index contributed by atoms with van der Waals surface area (Å²) in [6, 6.07) is 7.45. The van der Waals surface area contributed by atoms with Crippen LogP contribution in [0.2, 0.25) is 0 Å². The Morgan fingerprint density at radius 1 is 1.17 bits per heavy atom. The molecule has 3 N–H and O–H groups in total. The largest absolute Gasteiger partial charge is 0.467 e. The molecule has 0 spiro atoms. The van der Waals surface area contributed by atoms with Gasteiger partial charge in [-0.15, -0.1) is 0 Å². The highest BCUT2D eigenvalue weighted by Crippen LogP contribution is 2.37. The average molecular weight is 486 g/mol. The van der Waals surface area contributed by atoms with Crippen LogP contribution in [0.3, 0.4) is 0 Å². The molecule has 3 heterocycles.